The number of hydrogen-bond acceptors (Lipinski definition) is 1. The highest BCUT2D eigenvalue weighted by molar-refractivity contribution is 6.05. The molecule has 0 bridgehead atoms. The highest BCUT2D eigenvalue weighted by atomic mass is 16.1. The van der Waals surface area contributed by atoms with Gasteiger partial charge in [0.05, 0.1) is 0 Å². The molecule has 0 saturated carbocycles. The third-order valence-electron chi connectivity index (χ3n) is 4.59. The summed E-state index contributed by atoms with van der Waals surface area (Å²) in [6.07, 6.45) is 6.02. The van der Waals surface area contributed by atoms with Crippen LogP contribution in [0.4, 0.5) is 0 Å². The van der Waals surface area contributed by atoms with Crippen molar-refractivity contribution in [3.8, 4) is 0 Å². The molecule has 0 heterocycles. The lowest BCUT2D eigenvalue weighted by Crippen LogP contribution is -2.06. The zero-order valence-corrected chi connectivity index (χ0v) is 14.4. The van der Waals surface area contributed by atoms with E-state index in [1.165, 1.54) is 16.5 Å². The number of Topliss-reactive ketones (excluding diaryl/α,β-unsaturated/α-hetero) is 1. The molecule has 0 N–H and O–H groups in total. The Morgan fingerprint density at radius 1 is 1.09 bits per heavy atom. The van der Waals surface area contributed by atoms with E-state index in [-0.39, 0.29) is 11.2 Å². The number of carbonyl (C=O) groups is 1. The van der Waals surface area contributed by atoms with Crippen LogP contribution in [0.1, 0.15) is 56.5 Å². The van der Waals surface area contributed by atoms with Crippen LogP contribution in [0.15, 0.2) is 54.1 Å². The van der Waals surface area contributed by atoms with Crippen LogP contribution in [-0.4, -0.2) is 5.78 Å². The van der Waals surface area contributed by atoms with E-state index in [9.17, 15) is 4.79 Å². The van der Waals surface area contributed by atoms with Crippen molar-refractivity contribution in [3.05, 3.63) is 65.3 Å². The van der Waals surface area contributed by atoms with Gasteiger partial charge in [0, 0.05) is 12.0 Å². The van der Waals surface area contributed by atoms with Gasteiger partial charge in [-0.15, -0.1) is 0 Å². The number of ketones is 1. The van der Waals surface area contributed by atoms with Crippen molar-refractivity contribution in [2.75, 3.05) is 0 Å². The van der Waals surface area contributed by atoms with Gasteiger partial charge >= 0.3 is 0 Å². The van der Waals surface area contributed by atoms with Crippen LogP contribution < -0.4 is 0 Å². The molecule has 1 aliphatic carbocycles. The molecular weight excluding hydrogens is 280 g/mol. The first-order valence-corrected chi connectivity index (χ1v) is 8.37. The van der Waals surface area contributed by atoms with E-state index in [1.807, 2.05) is 13.0 Å². The highest BCUT2D eigenvalue weighted by Gasteiger charge is 2.22. The molecule has 0 atom stereocenters. The minimum atomic E-state index is 0.146. The van der Waals surface area contributed by atoms with Crippen molar-refractivity contribution in [3.63, 3.8) is 0 Å². The highest BCUT2D eigenvalue weighted by Crippen LogP contribution is 2.38. The van der Waals surface area contributed by atoms with Gasteiger partial charge in [0.2, 0.25) is 0 Å². The number of hydrogen-bond donors (Lipinski definition) is 0. The molecule has 23 heavy (non-hydrogen) atoms. The van der Waals surface area contributed by atoms with E-state index >= 15 is 0 Å². The van der Waals surface area contributed by atoms with Crippen molar-refractivity contribution >= 4 is 22.1 Å². The molecule has 0 unspecified atom stereocenters. The topological polar surface area (TPSA) is 17.1 Å². The van der Waals surface area contributed by atoms with Crippen molar-refractivity contribution in [1.29, 1.82) is 0 Å². The Hall–Kier alpha value is -2.15. The molecule has 0 radical (unpaired) electrons. The molecule has 2 aromatic carbocycles. The monoisotopic (exact) mass is 304 g/mol. The molecule has 0 fully saturated rings. The summed E-state index contributed by atoms with van der Waals surface area (Å²) >= 11 is 0. The van der Waals surface area contributed by atoms with Gasteiger partial charge in [0.15, 0.2) is 5.78 Å². The number of allylic oxidation sites excluding steroid dienone is 4. The number of carbonyl (C=O) groups excluding carboxylic acids is 1. The van der Waals surface area contributed by atoms with Crippen LogP contribution in [0.3, 0.4) is 0 Å². The van der Waals surface area contributed by atoms with Crippen molar-refractivity contribution in [2.24, 2.45) is 5.41 Å². The molecule has 0 amide bonds. The van der Waals surface area contributed by atoms with Crippen molar-refractivity contribution < 1.29 is 4.79 Å². The molecule has 1 heteroatoms. The summed E-state index contributed by atoms with van der Waals surface area (Å²) in [5.74, 6) is 0.218. The second-order valence-corrected chi connectivity index (χ2v) is 7.30. The van der Waals surface area contributed by atoms with Gasteiger partial charge in [-0.1, -0.05) is 64.1 Å². The first-order chi connectivity index (χ1) is 10.9. The van der Waals surface area contributed by atoms with Crippen LogP contribution >= 0.6 is 0 Å². The first-order valence-electron chi connectivity index (χ1n) is 8.37. The zero-order valence-electron chi connectivity index (χ0n) is 14.4. The average molecular weight is 304 g/mol. The lowest BCUT2D eigenvalue weighted by molar-refractivity contribution is 0.0988. The van der Waals surface area contributed by atoms with E-state index in [0.717, 1.165) is 22.9 Å². The largest absolute Gasteiger partial charge is 0.294 e. The standard InChI is InChI=1S/C22H24O/c1-5-21(23)20-14-16-9-7-6-8-15(16)13-19(20)17-10-11-18(12-17)22(2,3)4/h6-9,11-14H,5,10H2,1-4H3. The second-order valence-electron chi connectivity index (χ2n) is 7.30. The van der Waals surface area contributed by atoms with E-state index in [4.69, 9.17) is 0 Å². The van der Waals surface area contributed by atoms with Gasteiger partial charge in [-0.25, -0.2) is 0 Å². The van der Waals surface area contributed by atoms with Gasteiger partial charge in [0.1, 0.15) is 0 Å². The van der Waals surface area contributed by atoms with Crippen LogP contribution in [0.25, 0.3) is 16.3 Å². The minimum absolute atomic E-state index is 0.146. The Balaban J connectivity index is 2.15. The number of benzene rings is 2. The van der Waals surface area contributed by atoms with Gasteiger partial charge in [-0.2, -0.15) is 0 Å². The summed E-state index contributed by atoms with van der Waals surface area (Å²) < 4.78 is 0. The van der Waals surface area contributed by atoms with Crippen LogP contribution in [0.5, 0.6) is 0 Å². The van der Waals surface area contributed by atoms with E-state index in [0.29, 0.717) is 6.42 Å². The molecule has 2 aromatic rings. The lowest BCUT2D eigenvalue weighted by atomic mass is 9.86. The summed E-state index contributed by atoms with van der Waals surface area (Å²) in [6.45, 7) is 8.63. The average Bonchev–Trinajstić information content (AvgIpc) is 3.03. The maximum absolute atomic E-state index is 12.5. The fourth-order valence-electron chi connectivity index (χ4n) is 3.16. The molecule has 3 rings (SSSR count). The third kappa shape index (κ3) is 3.01. The second kappa shape index (κ2) is 5.81. The van der Waals surface area contributed by atoms with Gasteiger partial charge < -0.3 is 0 Å². The SMILES string of the molecule is CCC(=O)c1cc2ccccc2cc1C1=CC(C(C)(C)C)=CC1. The minimum Gasteiger partial charge on any atom is -0.294 e. The first kappa shape index (κ1) is 15.7. The Labute approximate surface area is 138 Å². The predicted octanol–water partition coefficient (Wildman–Crippen LogP) is 6.19. The van der Waals surface area contributed by atoms with Crippen molar-refractivity contribution in [2.45, 2.75) is 40.5 Å². The van der Waals surface area contributed by atoms with Gasteiger partial charge in [0.25, 0.3) is 0 Å². The van der Waals surface area contributed by atoms with Gasteiger partial charge in [-0.05, 0) is 51.5 Å². The predicted molar refractivity (Wildman–Crippen MR) is 98.7 cm³/mol. The van der Waals surface area contributed by atoms with E-state index < -0.39 is 0 Å². The summed E-state index contributed by atoms with van der Waals surface area (Å²) in [6, 6.07) is 12.5. The summed E-state index contributed by atoms with van der Waals surface area (Å²) in [7, 11) is 0. The Morgan fingerprint density at radius 2 is 1.74 bits per heavy atom. The quantitative estimate of drug-likeness (QED) is 0.618. The number of fused-ring (bicyclic) bond motifs is 1. The molecule has 0 saturated heterocycles. The normalized spacial score (nSPS) is 14.8. The number of rotatable bonds is 3. The summed E-state index contributed by atoms with van der Waals surface area (Å²) in [4.78, 5) is 12.5. The molecule has 0 aromatic heterocycles. The smallest absolute Gasteiger partial charge is 0.163 e. The molecule has 1 aliphatic rings. The maximum atomic E-state index is 12.5. The Bertz CT molecular complexity index is 829. The van der Waals surface area contributed by atoms with E-state index in [1.54, 1.807) is 0 Å². The Kier molecular flexibility index (Phi) is 3.97. The van der Waals surface area contributed by atoms with Crippen molar-refractivity contribution in [1.82, 2.24) is 0 Å². The van der Waals surface area contributed by atoms with Crippen LogP contribution in [0.2, 0.25) is 0 Å². The fraction of sp³-hybridized carbons (Fsp3) is 0.318. The van der Waals surface area contributed by atoms with Gasteiger partial charge in [-0.3, -0.25) is 4.79 Å². The molecule has 0 aliphatic heterocycles. The summed E-state index contributed by atoms with van der Waals surface area (Å²) in [5.41, 5.74) is 4.73. The molecule has 118 valence electrons. The zero-order chi connectivity index (χ0) is 16.6. The Morgan fingerprint density at radius 3 is 2.30 bits per heavy atom. The fourth-order valence-corrected chi connectivity index (χ4v) is 3.16. The molecular formula is C22H24O. The summed E-state index contributed by atoms with van der Waals surface area (Å²) in [5, 5.41) is 2.33. The third-order valence-corrected chi connectivity index (χ3v) is 4.59. The molecule has 1 nitrogen and oxygen atoms in total. The van der Waals surface area contributed by atoms with E-state index in [2.05, 4.69) is 63.3 Å². The maximum Gasteiger partial charge on any atom is 0.163 e. The van der Waals surface area contributed by atoms with Crippen LogP contribution in [-0.2, 0) is 0 Å². The lowest BCUT2D eigenvalue weighted by Gasteiger charge is -2.18. The van der Waals surface area contributed by atoms with Crippen LogP contribution in [0, 0.1) is 5.41 Å². The molecule has 0 spiro atoms.